The molecule has 3 rings (SSSR count). The maximum absolute atomic E-state index is 6.13. The zero-order valence-electron chi connectivity index (χ0n) is 13.3. The standard InChI is InChI=1S/C18H18Cl2N2O2/c1-2-23-10-9-22-17-11-14(20)5-8-16(17)21-18(22)12-24-15-6-3-13(19)4-7-15/h3-8,11H,2,9-10,12H2,1H3. The van der Waals surface area contributed by atoms with Crippen LogP contribution in [0.4, 0.5) is 0 Å². The van der Waals surface area contributed by atoms with Gasteiger partial charge in [-0.3, -0.25) is 0 Å². The summed E-state index contributed by atoms with van der Waals surface area (Å²) in [5, 5.41) is 1.37. The molecule has 0 aliphatic rings. The van der Waals surface area contributed by atoms with Crippen LogP contribution in [0.15, 0.2) is 42.5 Å². The fraction of sp³-hybridized carbons (Fsp3) is 0.278. The molecule has 24 heavy (non-hydrogen) atoms. The van der Waals surface area contributed by atoms with Gasteiger partial charge in [0.15, 0.2) is 0 Å². The molecular weight excluding hydrogens is 347 g/mol. The van der Waals surface area contributed by atoms with E-state index in [2.05, 4.69) is 9.55 Å². The normalized spacial score (nSPS) is 11.1. The average Bonchev–Trinajstić information content (AvgIpc) is 2.92. The Hall–Kier alpha value is -1.75. The second-order valence-corrected chi connectivity index (χ2v) is 6.13. The van der Waals surface area contributed by atoms with Crippen LogP contribution in [-0.4, -0.2) is 22.8 Å². The molecule has 1 heterocycles. The fourth-order valence-corrected chi connectivity index (χ4v) is 2.78. The van der Waals surface area contributed by atoms with Gasteiger partial charge in [0.2, 0.25) is 0 Å². The number of benzene rings is 2. The van der Waals surface area contributed by atoms with Gasteiger partial charge in [0, 0.05) is 23.2 Å². The zero-order valence-corrected chi connectivity index (χ0v) is 14.8. The molecule has 0 unspecified atom stereocenters. The molecule has 1 aromatic heterocycles. The summed E-state index contributed by atoms with van der Waals surface area (Å²) in [7, 11) is 0. The minimum absolute atomic E-state index is 0.361. The largest absolute Gasteiger partial charge is 0.486 e. The average molecular weight is 365 g/mol. The minimum Gasteiger partial charge on any atom is -0.486 e. The Kier molecular flexibility index (Phi) is 5.61. The molecule has 6 heteroatoms. The number of hydrogen-bond donors (Lipinski definition) is 0. The van der Waals surface area contributed by atoms with Crippen molar-refractivity contribution in [1.82, 2.24) is 9.55 Å². The van der Waals surface area contributed by atoms with Crippen molar-refractivity contribution >= 4 is 34.2 Å². The van der Waals surface area contributed by atoms with E-state index in [0.717, 1.165) is 22.6 Å². The zero-order chi connectivity index (χ0) is 16.9. The van der Waals surface area contributed by atoms with Crippen molar-refractivity contribution in [3.63, 3.8) is 0 Å². The molecule has 0 saturated heterocycles. The van der Waals surface area contributed by atoms with Gasteiger partial charge in [0.05, 0.1) is 17.6 Å². The third-order valence-corrected chi connectivity index (χ3v) is 4.12. The maximum Gasteiger partial charge on any atom is 0.148 e. The van der Waals surface area contributed by atoms with Crippen LogP contribution in [0.2, 0.25) is 10.0 Å². The first-order valence-corrected chi connectivity index (χ1v) is 8.53. The summed E-state index contributed by atoms with van der Waals surface area (Å²) in [5.74, 6) is 1.59. The molecule has 0 aliphatic carbocycles. The van der Waals surface area contributed by atoms with Crippen LogP contribution >= 0.6 is 23.2 Å². The van der Waals surface area contributed by atoms with Gasteiger partial charge in [0.25, 0.3) is 0 Å². The van der Waals surface area contributed by atoms with Gasteiger partial charge in [-0.25, -0.2) is 4.98 Å². The predicted molar refractivity (Wildman–Crippen MR) is 97.0 cm³/mol. The second-order valence-electron chi connectivity index (χ2n) is 5.25. The van der Waals surface area contributed by atoms with Gasteiger partial charge in [-0.15, -0.1) is 0 Å². The first-order chi connectivity index (χ1) is 11.7. The molecule has 0 radical (unpaired) electrons. The maximum atomic E-state index is 6.13. The molecule has 0 bridgehead atoms. The molecule has 0 spiro atoms. The van der Waals surface area contributed by atoms with Gasteiger partial charge in [0.1, 0.15) is 18.2 Å². The number of imidazole rings is 1. The quantitative estimate of drug-likeness (QED) is 0.556. The fourth-order valence-electron chi connectivity index (χ4n) is 2.48. The SMILES string of the molecule is CCOCCn1c(COc2ccc(Cl)cc2)nc2ccc(Cl)cc21. The lowest BCUT2D eigenvalue weighted by Gasteiger charge is -2.10. The molecular formula is C18H18Cl2N2O2. The molecule has 126 valence electrons. The van der Waals surface area contributed by atoms with E-state index >= 15 is 0 Å². The van der Waals surface area contributed by atoms with Crippen LogP contribution < -0.4 is 4.74 Å². The predicted octanol–water partition coefficient (Wildman–Crippen LogP) is 4.96. The molecule has 0 amide bonds. The highest BCUT2D eigenvalue weighted by Gasteiger charge is 2.12. The number of halogens is 2. The van der Waals surface area contributed by atoms with Crippen LogP contribution in [0.25, 0.3) is 11.0 Å². The third-order valence-electron chi connectivity index (χ3n) is 3.63. The van der Waals surface area contributed by atoms with Gasteiger partial charge < -0.3 is 14.0 Å². The Morgan fingerprint density at radius 1 is 1.04 bits per heavy atom. The van der Waals surface area contributed by atoms with E-state index in [1.54, 1.807) is 12.1 Å². The molecule has 0 aliphatic heterocycles. The highest BCUT2D eigenvalue weighted by molar-refractivity contribution is 6.31. The molecule has 0 saturated carbocycles. The summed E-state index contributed by atoms with van der Waals surface area (Å²) in [4.78, 5) is 4.66. The van der Waals surface area contributed by atoms with Gasteiger partial charge in [-0.05, 0) is 49.4 Å². The molecule has 4 nitrogen and oxygen atoms in total. The van der Waals surface area contributed by atoms with E-state index in [9.17, 15) is 0 Å². The molecule has 2 aromatic carbocycles. The lowest BCUT2D eigenvalue weighted by atomic mass is 10.3. The Balaban J connectivity index is 1.84. The minimum atomic E-state index is 0.361. The number of hydrogen-bond acceptors (Lipinski definition) is 3. The Labute approximate surface area is 150 Å². The summed E-state index contributed by atoms with van der Waals surface area (Å²) < 4.78 is 13.4. The highest BCUT2D eigenvalue weighted by Crippen LogP contribution is 2.22. The van der Waals surface area contributed by atoms with Crippen molar-refractivity contribution in [3.05, 3.63) is 58.3 Å². The summed E-state index contributed by atoms with van der Waals surface area (Å²) >= 11 is 12.0. The number of nitrogens with zero attached hydrogens (tertiary/aromatic N) is 2. The van der Waals surface area contributed by atoms with Gasteiger partial charge >= 0.3 is 0 Å². The van der Waals surface area contributed by atoms with Crippen molar-refractivity contribution in [2.24, 2.45) is 0 Å². The Morgan fingerprint density at radius 3 is 2.54 bits per heavy atom. The summed E-state index contributed by atoms with van der Waals surface area (Å²) in [5.41, 5.74) is 1.88. The highest BCUT2D eigenvalue weighted by atomic mass is 35.5. The van der Waals surface area contributed by atoms with E-state index in [-0.39, 0.29) is 0 Å². The van der Waals surface area contributed by atoms with E-state index in [4.69, 9.17) is 32.7 Å². The number of aromatic nitrogens is 2. The summed E-state index contributed by atoms with van der Waals surface area (Å²) in [6.45, 7) is 4.34. The van der Waals surface area contributed by atoms with Crippen LogP contribution in [-0.2, 0) is 17.9 Å². The van der Waals surface area contributed by atoms with Crippen molar-refractivity contribution in [1.29, 1.82) is 0 Å². The molecule has 0 N–H and O–H groups in total. The summed E-state index contributed by atoms with van der Waals surface area (Å²) in [6, 6.07) is 13.0. The van der Waals surface area contributed by atoms with E-state index in [1.807, 2.05) is 37.3 Å². The lowest BCUT2D eigenvalue weighted by Crippen LogP contribution is -2.11. The van der Waals surface area contributed by atoms with Gasteiger partial charge in [-0.1, -0.05) is 23.2 Å². The van der Waals surface area contributed by atoms with E-state index in [0.29, 0.717) is 36.4 Å². The lowest BCUT2D eigenvalue weighted by molar-refractivity contribution is 0.138. The topological polar surface area (TPSA) is 36.3 Å². The van der Waals surface area contributed by atoms with Crippen LogP contribution in [0, 0.1) is 0 Å². The smallest absolute Gasteiger partial charge is 0.148 e. The van der Waals surface area contributed by atoms with Crippen LogP contribution in [0.3, 0.4) is 0 Å². The van der Waals surface area contributed by atoms with Crippen LogP contribution in [0.1, 0.15) is 12.7 Å². The Morgan fingerprint density at radius 2 is 1.79 bits per heavy atom. The molecule has 3 aromatic rings. The van der Waals surface area contributed by atoms with Crippen molar-refractivity contribution < 1.29 is 9.47 Å². The van der Waals surface area contributed by atoms with Crippen LogP contribution in [0.5, 0.6) is 5.75 Å². The monoisotopic (exact) mass is 364 g/mol. The van der Waals surface area contributed by atoms with Crippen molar-refractivity contribution in [2.75, 3.05) is 13.2 Å². The Bertz CT molecular complexity index is 816. The third kappa shape index (κ3) is 4.01. The van der Waals surface area contributed by atoms with Crippen molar-refractivity contribution in [2.45, 2.75) is 20.1 Å². The number of ether oxygens (including phenoxy) is 2. The summed E-state index contributed by atoms with van der Waals surface area (Å²) in [6.07, 6.45) is 0. The molecule has 0 fully saturated rings. The van der Waals surface area contributed by atoms with E-state index in [1.165, 1.54) is 0 Å². The van der Waals surface area contributed by atoms with Gasteiger partial charge in [-0.2, -0.15) is 0 Å². The number of fused-ring (bicyclic) bond motifs is 1. The first-order valence-electron chi connectivity index (χ1n) is 7.78. The molecule has 0 atom stereocenters. The first kappa shape index (κ1) is 17.1. The van der Waals surface area contributed by atoms with E-state index < -0.39 is 0 Å². The number of rotatable bonds is 7. The second kappa shape index (κ2) is 7.88. The van der Waals surface area contributed by atoms with Crippen molar-refractivity contribution in [3.8, 4) is 5.75 Å².